The van der Waals surface area contributed by atoms with Crippen LogP contribution in [0.1, 0.15) is 233 Å². The highest BCUT2D eigenvalue weighted by Crippen LogP contribution is 2.15. The van der Waals surface area contributed by atoms with Crippen molar-refractivity contribution in [3.63, 3.8) is 0 Å². The standard InChI is InChI=1S/C40H81N3O2/c1-5-8-10-12-14-16-18-20-22-24-26-28-30-32-34-36-39(44)41-43(4,38-7-3)42-40(45)37-35-33-31-29-27-25-23-21-19-17-15-13-11-9-6-2/h5-38H2,1-4H3,(H-,41,42,44,45)/p+1. The molecule has 0 unspecified atom stereocenters. The second-order valence-corrected chi connectivity index (χ2v) is 14.4. The molecule has 0 heterocycles. The highest BCUT2D eigenvalue weighted by molar-refractivity contribution is 5.76. The van der Waals surface area contributed by atoms with Crippen LogP contribution in [-0.2, 0) is 9.59 Å². The molecule has 0 saturated heterocycles. The van der Waals surface area contributed by atoms with E-state index in [1.54, 1.807) is 0 Å². The minimum Gasteiger partial charge on any atom is -0.270 e. The van der Waals surface area contributed by atoms with Crippen LogP contribution in [0.4, 0.5) is 0 Å². The van der Waals surface area contributed by atoms with Crippen LogP contribution in [0, 0.1) is 0 Å². The Labute approximate surface area is 282 Å². The molecule has 0 aliphatic carbocycles. The molecule has 0 atom stereocenters. The van der Waals surface area contributed by atoms with Gasteiger partial charge in [0.05, 0.1) is 0 Å². The molecule has 0 aliphatic rings. The number of hydrogen-bond acceptors (Lipinski definition) is 2. The fourth-order valence-corrected chi connectivity index (χ4v) is 6.56. The van der Waals surface area contributed by atoms with Gasteiger partial charge in [-0.25, -0.2) is 0 Å². The van der Waals surface area contributed by atoms with Gasteiger partial charge in [-0.05, 0) is 19.3 Å². The third-order valence-corrected chi connectivity index (χ3v) is 9.43. The van der Waals surface area contributed by atoms with Gasteiger partial charge in [0.1, 0.15) is 13.6 Å². The van der Waals surface area contributed by atoms with Crippen molar-refractivity contribution in [2.24, 2.45) is 0 Å². The Balaban J connectivity index is 3.74. The van der Waals surface area contributed by atoms with Crippen molar-refractivity contribution >= 4 is 11.8 Å². The van der Waals surface area contributed by atoms with Gasteiger partial charge in [0.25, 0.3) is 11.8 Å². The topological polar surface area (TPSA) is 58.2 Å². The van der Waals surface area contributed by atoms with Crippen LogP contribution < -0.4 is 10.9 Å². The summed E-state index contributed by atoms with van der Waals surface area (Å²) >= 11 is 0. The predicted octanol–water partition coefficient (Wildman–Crippen LogP) is 12.4. The lowest BCUT2D eigenvalue weighted by Gasteiger charge is -2.32. The maximum atomic E-state index is 12.7. The molecule has 0 bridgehead atoms. The van der Waals surface area contributed by atoms with Gasteiger partial charge in [0.15, 0.2) is 0 Å². The summed E-state index contributed by atoms with van der Waals surface area (Å²) < 4.78 is 0.117. The summed E-state index contributed by atoms with van der Waals surface area (Å²) in [4.78, 5) is 25.4. The zero-order valence-corrected chi connectivity index (χ0v) is 31.3. The monoisotopic (exact) mass is 637 g/mol. The summed E-state index contributed by atoms with van der Waals surface area (Å²) in [5, 5.41) is 0. The van der Waals surface area contributed by atoms with E-state index in [1.165, 1.54) is 167 Å². The lowest BCUT2D eigenvalue weighted by atomic mass is 10.0. The molecule has 0 aromatic rings. The molecule has 0 radical (unpaired) electrons. The molecule has 0 aromatic carbocycles. The Hall–Kier alpha value is -1.10. The predicted molar refractivity (Wildman–Crippen MR) is 197 cm³/mol. The molecule has 2 N–H and O–H groups in total. The Morgan fingerprint density at radius 1 is 0.356 bits per heavy atom. The summed E-state index contributed by atoms with van der Waals surface area (Å²) in [5.74, 6) is 0.0980. The number of carbonyl (C=O) groups excluding carboxylic acids is 2. The Morgan fingerprint density at radius 2 is 0.578 bits per heavy atom. The number of unbranched alkanes of at least 4 members (excludes halogenated alkanes) is 28. The van der Waals surface area contributed by atoms with Crippen molar-refractivity contribution in [2.45, 2.75) is 233 Å². The SMILES string of the molecule is CCCCCCCCCCCCCCCCCC(=O)N[N+](C)(CCC)NC(=O)CCCCCCCCCCCCCCCCC. The molecule has 5 heteroatoms. The third-order valence-electron chi connectivity index (χ3n) is 9.43. The summed E-state index contributed by atoms with van der Waals surface area (Å²) in [6, 6.07) is 0. The Bertz CT molecular complexity index is 591. The lowest BCUT2D eigenvalue weighted by molar-refractivity contribution is -0.976. The van der Waals surface area contributed by atoms with Gasteiger partial charge in [0.2, 0.25) is 0 Å². The van der Waals surface area contributed by atoms with E-state index in [1.807, 2.05) is 7.05 Å². The minimum absolute atomic E-state index is 0.0490. The summed E-state index contributed by atoms with van der Waals surface area (Å²) in [6.07, 6.45) is 41.8. The number of nitrogens with one attached hydrogen (secondary N) is 2. The van der Waals surface area contributed by atoms with Crippen LogP contribution in [0.5, 0.6) is 0 Å². The van der Waals surface area contributed by atoms with Gasteiger partial charge in [-0.15, -0.1) is 4.70 Å². The van der Waals surface area contributed by atoms with E-state index < -0.39 is 0 Å². The van der Waals surface area contributed by atoms with Crippen molar-refractivity contribution in [2.75, 3.05) is 13.6 Å². The fourth-order valence-electron chi connectivity index (χ4n) is 6.56. The zero-order valence-electron chi connectivity index (χ0n) is 31.3. The molecule has 45 heavy (non-hydrogen) atoms. The van der Waals surface area contributed by atoms with Crippen LogP contribution in [-0.4, -0.2) is 30.1 Å². The van der Waals surface area contributed by atoms with E-state index >= 15 is 0 Å². The maximum Gasteiger partial charge on any atom is 0.267 e. The Morgan fingerprint density at radius 3 is 0.800 bits per heavy atom. The van der Waals surface area contributed by atoms with Crippen molar-refractivity contribution in [3.05, 3.63) is 0 Å². The van der Waals surface area contributed by atoms with E-state index in [4.69, 9.17) is 0 Å². The number of rotatable bonds is 36. The van der Waals surface area contributed by atoms with E-state index in [2.05, 4.69) is 31.6 Å². The highest BCUT2D eigenvalue weighted by Gasteiger charge is 2.26. The van der Waals surface area contributed by atoms with Crippen molar-refractivity contribution in [3.8, 4) is 0 Å². The molecular weight excluding hydrogens is 554 g/mol. The molecule has 0 aromatic heterocycles. The molecule has 2 amide bonds. The van der Waals surface area contributed by atoms with Crippen molar-refractivity contribution in [1.29, 1.82) is 0 Å². The van der Waals surface area contributed by atoms with Gasteiger partial charge in [-0.2, -0.15) is 10.9 Å². The summed E-state index contributed by atoms with van der Waals surface area (Å²) in [5.41, 5.74) is 6.19. The summed E-state index contributed by atoms with van der Waals surface area (Å²) in [7, 11) is 1.91. The molecule has 0 rings (SSSR count). The second kappa shape index (κ2) is 34.2. The van der Waals surface area contributed by atoms with Crippen LogP contribution >= 0.6 is 0 Å². The molecule has 0 aliphatic heterocycles. The fraction of sp³-hybridized carbons (Fsp3) is 0.950. The average Bonchev–Trinajstić information content (AvgIpc) is 3.01. The third kappa shape index (κ3) is 32.6. The minimum atomic E-state index is 0.0490. The van der Waals surface area contributed by atoms with E-state index in [0.29, 0.717) is 19.4 Å². The smallest absolute Gasteiger partial charge is 0.267 e. The van der Waals surface area contributed by atoms with Crippen LogP contribution in [0.25, 0.3) is 0 Å². The van der Waals surface area contributed by atoms with E-state index in [0.717, 1.165) is 32.1 Å². The van der Waals surface area contributed by atoms with E-state index in [9.17, 15) is 9.59 Å². The van der Waals surface area contributed by atoms with Gasteiger partial charge < -0.3 is 0 Å². The van der Waals surface area contributed by atoms with Crippen LogP contribution in [0.3, 0.4) is 0 Å². The first kappa shape index (κ1) is 43.9. The second-order valence-electron chi connectivity index (χ2n) is 14.4. The number of nitrogens with zero attached hydrogens (tertiary/aromatic N) is 1. The normalized spacial score (nSPS) is 11.6. The molecule has 0 spiro atoms. The van der Waals surface area contributed by atoms with Crippen molar-refractivity contribution < 1.29 is 14.3 Å². The van der Waals surface area contributed by atoms with Gasteiger partial charge in [-0.3, -0.25) is 9.59 Å². The number of carbonyl (C=O) groups is 2. The lowest BCUT2D eigenvalue weighted by Crippen LogP contribution is -2.67. The van der Waals surface area contributed by atoms with Crippen LogP contribution in [0.15, 0.2) is 0 Å². The first-order valence-electron chi connectivity index (χ1n) is 20.4. The zero-order chi connectivity index (χ0) is 33.1. The average molecular weight is 637 g/mol. The first-order chi connectivity index (χ1) is 22.0. The largest absolute Gasteiger partial charge is 0.270 e. The Kier molecular flexibility index (Phi) is 33.4. The molecular formula is C40H82N3O2+. The highest BCUT2D eigenvalue weighted by atomic mass is 16.2. The summed E-state index contributed by atoms with van der Waals surface area (Å²) in [6.45, 7) is 7.36. The van der Waals surface area contributed by atoms with Crippen molar-refractivity contribution in [1.82, 2.24) is 10.9 Å². The molecule has 0 saturated carbocycles. The van der Waals surface area contributed by atoms with Gasteiger partial charge in [0, 0.05) is 12.8 Å². The van der Waals surface area contributed by atoms with Gasteiger partial charge >= 0.3 is 0 Å². The molecule has 5 nitrogen and oxygen atoms in total. The number of quaternary nitrogens is 1. The molecule has 0 fully saturated rings. The number of hydrogen-bond donors (Lipinski definition) is 2. The van der Waals surface area contributed by atoms with E-state index in [-0.39, 0.29) is 16.5 Å². The van der Waals surface area contributed by atoms with Crippen LogP contribution in [0.2, 0.25) is 0 Å². The quantitative estimate of drug-likeness (QED) is 0.0408. The molecule has 268 valence electrons. The maximum absolute atomic E-state index is 12.7. The van der Waals surface area contributed by atoms with Gasteiger partial charge in [-0.1, -0.05) is 201 Å². The number of amides is 2. The first-order valence-corrected chi connectivity index (χ1v) is 20.4.